The van der Waals surface area contributed by atoms with Gasteiger partial charge in [0, 0.05) is 19.3 Å². The Bertz CT molecular complexity index is 692. The summed E-state index contributed by atoms with van der Waals surface area (Å²) in [6.45, 7) is 3.93. The van der Waals surface area contributed by atoms with Gasteiger partial charge in [0.05, 0.1) is 11.6 Å². The third-order valence-electron chi connectivity index (χ3n) is 4.66. The molecular formula is C20H24FN3O. The standard InChI is InChI=1S/C20H24FN3O/c1-15(16-6-9-18(21)10-7-16)23-20(25)17-8-11-19(22-14-17)24-12-4-2-3-5-13-24/h6-11,14-15H,2-5,12-13H2,1H3,(H,23,25)/t15-/m0/s1. The third kappa shape index (κ3) is 4.56. The van der Waals surface area contributed by atoms with E-state index in [9.17, 15) is 9.18 Å². The van der Waals surface area contributed by atoms with Crippen molar-refractivity contribution in [1.82, 2.24) is 10.3 Å². The molecule has 1 aliphatic heterocycles. The molecule has 0 radical (unpaired) electrons. The van der Waals surface area contributed by atoms with Crippen LogP contribution in [0.25, 0.3) is 0 Å². The number of carbonyl (C=O) groups is 1. The largest absolute Gasteiger partial charge is 0.357 e. The number of amides is 1. The number of nitrogens with zero attached hydrogens (tertiary/aromatic N) is 2. The molecule has 1 saturated heterocycles. The van der Waals surface area contributed by atoms with Crippen molar-refractivity contribution < 1.29 is 9.18 Å². The molecule has 132 valence electrons. The van der Waals surface area contributed by atoms with Crippen molar-refractivity contribution in [2.75, 3.05) is 18.0 Å². The van der Waals surface area contributed by atoms with Gasteiger partial charge in [0.15, 0.2) is 0 Å². The van der Waals surface area contributed by atoms with Crippen LogP contribution >= 0.6 is 0 Å². The number of anilines is 1. The summed E-state index contributed by atoms with van der Waals surface area (Å²) in [7, 11) is 0. The average Bonchev–Trinajstić information content (AvgIpc) is 2.92. The molecule has 1 amide bonds. The van der Waals surface area contributed by atoms with Crippen LogP contribution in [0.1, 0.15) is 54.6 Å². The number of nitrogens with one attached hydrogen (secondary N) is 1. The number of benzene rings is 1. The van der Waals surface area contributed by atoms with Crippen LogP contribution in [0.15, 0.2) is 42.6 Å². The fourth-order valence-electron chi connectivity index (χ4n) is 3.12. The molecule has 25 heavy (non-hydrogen) atoms. The molecule has 0 aliphatic carbocycles. The molecular weight excluding hydrogens is 317 g/mol. The van der Waals surface area contributed by atoms with Crippen molar-refractivity contribution >= 4 is 11.7 Å². The van der Waals surface area contributed by atoms with Crippen LogP contribution in [0, 0.1) is 5.82 Å². The number of carbonyl (C=O) groups excluding carboxylic acids is 1. The van der Waals surface area contributed by atoms with E-state index < -0.39 is 0 Å². The molecule has 1 atom stereocenters. The average molecular weight is 341 g/mol. The van der Waals surface area contributed by atoms with E-state index in [1.807, 2.05) is 19.1 Å². The van der Waals surface area contributed by atoms with E-state index in [2.05, 4.69) is 15.2 Å². The van der Waals surface area contributed by atoms with E-state index in [1.165, 1.54) is 37.8 Å². The lowest BCUT2D eigenvalue weighted by Crippen LogP contribution is -2.27. The molecule has 4 nitrogen and oxygen atoms in total. The Morgan fingerprint density at radius 3 is 2.36 bits per heavy atom. The van der Waals surface area contributed by atoms with Crippen LogP contribution in [0.5, 0.6) is 0 Å². The minimum absolute atomic E-state index is 0.174. The normalized spacial score (nSPS) is 16.2. The van der Waals surface area contributed by atoms with Gasteiger partial charge in [0.25, 0.3) is 5.91 Å². The fourth-order valence-corrected chi connectivity index (χ4v) is 3.12. The van der Waals surface area contributed by atoms with Crippen LogP contribution in [-0.2, 0) is 0 Å². The molecule has 0 bridgehead atoms. The number of halogens is 1. The van der Waals surface area contributed by atoms with Crippen molar-refractivity contribution in [3.05, 3.63) is 59.5 Å². The second-order valence-corrected chi connectivity index (χ2v) is 6.55. The molecule has 2 aromatic rings. The topological polar surface area (TPSA) is 45.2 Å². The maximum Gasteiger partial charge on any atom is 0.253 e. The molecule has 2 heterocycles. The second-order valence-electron chi connectivity index (χ2n) is 6.55. The van der Waals surface area contributed by atoms with E-state index in [-0.39, 0.29) is 17.8 Å². The summed E-state index contributed by atoms with van der Waals surface area (Å²) in [5.74, 6) is 0.479. The summed E-state index contributed by atoms with van der Waals surface area (Å²) in [5, 5.41) is 2.93. The van der Waals surface area contributed by atoms with E-state index >= 15 is 0 Å². The summed E-state index contributed by atoms with van der Waals surface area (Å²) in [4.78, 5) is 19.2. The van der Waals surface area contributed by atoms with Gasteiger partial charge in [0.2, 0.25) is 0 Å². The predicted molar refractivity (Wildman–Crippen MR) is 97.2 cm³/mol. The van der Waals surface area contributed by atoms with Crippen molar-refractivity contribution in [2.45, 2.75) is 38.6 Å². The zero-order valence-corrected chi connectivity index (χ0v) is 14.5. The fraction of sp³-hybridized carbons (Fsp3) is 0.400. The van der Waals surface area contributed by atoms with Crippen molar-refractivity contribution in [2.24, 2.45) is 0 Å². The molecule has 1 N–H and O–H groups in total. The van der Waals surface area contributed by atoms with Crippen LogP contribution in [0.3, 0.4) is 0 Å². The molecule has 0 unspecified atom stereocenters. The minimum atomic E-state index is -0.282. The van der Waals surface area contributed by atoms with Crippen LogP contribution in [-0.4, -0.2) is 24.0 Å². The second kappa shape index (κ2) is 8.10. The Morgan fingerprint density at radius 2 is 1.76 bits per heavy atom. The maximum absolute atomic E-state index is 13.0. The zero-order chi connectivity index (χ0) is 17.6. The summed E-state index contributed by atoms with van der Waals surface area (Å²) in [6.07, 6.45) is 6.57. The van der Waals surface area contributed by atoms with Gasteiger partial charge < -0.3 is 10.2 Å². The number of rotatable bonds is 4. The molecule has 1 aromatic carbocycles. The highest BCUT2D eigenvalue weighted by Crippen LogP contribution is 2.18. The predicted octanol–water partition coefficient (Wildman–Crippen LogP) is 4.09. The molecule has 1 aliphatic rings. The molecule has 3 rings (SSSR count). The van der Waals surface area contributed by atoms with E-state index in [1.54, 1.807) is 18.3 Å². The Morgan fingerprint density at radius 1 is 1.08 bits per heavy atom. The molecule has 0 spiro atoms. The highest BCUT2D eigenvalue weighted by atomic mass is 19.1. The Labute approximate surface area is 148 Å². The van der Waals surface area contributed by atoms with Crippen LogP contribution in [0.4, 0.5) is 10.2 Å². The van der Waals surface area contributed by atoms with Gasteiger partial charge in [0.1, 0.15) is 11.6 Å². The van der Waals surface area contributed by atoms with Gasteiger partial charge >= 0.3 is 0 Å². The summed E-state index contributed by atoms with van der Waals surface area (Å²) in [5.41, 5.74) is 1.40. The van der Waals surface area contributed by atoms with E-state index in [0.717, 1.165) is 24.5 Å². The number of hydrogen-bond acceptors (Lipinski definition) is 3. The first-order chi connectivity index (χ1) is 12.1. The first-order valence-electron chi connectivity index (χ1n) is 8.91. The molecule has 5 heteroatoms. The molecule has 1 fully saturated rings. The SMILES string of the molecule is C[C@H](NC(=O)c1ccc(N2CCCCCC2)nc1)c1ccc(F)cc1. The lowest BCUT2D eigenvalue weighted by molar-refractivity contribution is 0.0939. The molecule has 0 saturated carbocycles. The van der Waals surface area contributed by atoms with Crippen LogP contribution < -0.4 is 10.2 Å². The highest BCUT2D eigenvalue weighted by Gasteiger charge is 2.14. The van der Waals surface area contributed by atoms with E-state index in [0.29, 0.717) is 5.56 Å². The summed E-state index contributed by atoms with van der Waals surface area (Å²) < 4.78 is 13.0. The Hall–Kier alpha value is -2.43. The summed E-state index contributed by atoms with van der Waals surface area (Å²) >= 11 is 0. The van der Waals surface area contributed by atoms with Gasteiger partial charge in [-0.25, -0.2) is 9.37 Å². The number of pyridine rings is 1. The highest BCUT2D eigenvalue weighted by molar-refractivity contribution is 5.94. The van der Waals surface area contributed by atoms with Gasteiger partial charge in [-0.05, 0) is 49.6 Å². The zero-order valence-electron chi connectivity index (χ0n) is 14.5. The maximum atomic E-state index is 13.0. The van der Waals surface area contributed by atoms with Crippen LogP contribution in [0.2, 0.25) is 0 Å². The van der Waals surface area contributed by atoms with Gasteiger partial charge in [-0.2, -0.15) is 0 Å². The Kier molecular flexibility index (Phi) is 5.64. The lowest BCUT2D eigenvalue weighted by Gasteiger charge is -2.21. The number of hydrogen-bond donors (Lipinski definition) is 1. The lowest BCUT2D eigenvalue weighted by atomic mass is 10.1. The first-order valence-corrected chi connectivity index (χ1v) is 8.91. The Balaban J connectivity index is 1.63. The minimum Gasteiger partial charge on any atom is -0.357 e. The van der Waals surface area contributed by atoms with Crippen molar-refractivity contribution in [1.29, 1.82) is 0 Å². The summed E-state index contributed by atoms with van der Waals surface area (Å²) in [6, 6.07) is 9.70. The third-order valence-corrected chi connectivity index (χ3v) is 4.66. The van der Waals surface area contributed by atoms with Gasteiger partial charge in [-0.3, -0.25) is 4.79 Å². The first kappa shape index (κ1) is 17.4. The quantitative estimate of drug-likeness (QED) is 0.911. The van der Waals surface area contributed by atoms with Crippen molar-refractivity contribution in [3.63, 3.8) is 0 Å². The van der Waals surface area contributed by atoms with Crippen molar-refractivity contribution in [3.8, 4) is 0 Å². The van der Waals surface area contributed by atoms with Gasteiger partial charge in [-0.1, -0.05) is 25.0 Å². The molecule has 1 aromatic heterocycles. The van der Waals surface area contributed by atoms with Gasteiger partial charge in [-0.15, -0.1) is 0 Å². The number of aromatic nitrogens is 1. The monoisotopic (exact) mass is 341 g/mol. The smallest absolute Gasteiger partial charge is 0.253 e. The van der Waals surface area contributed by atoms with E-state index in [4.69, 9.17) is 0 Å².